The molecule has 24 heavy (non-hydrogen) atoms. The van der Waals surface area contributed by atoms with Crippen molar-refractivity contribution in [2.75, 3.05) is 32.8 Å². The molecule has 0 spiro atoms. The molecule has 0 radical (unpaired) electrons. The van der Waals surface area contributed by atoms with Gasteiger partial charge < -0.3 is 10.1 Å². The number of nitrogens with zero attached hydrogens (tertiary/aromatic N) is 2. The van der Waals surface area contributed by atoms with Crippen LogP contribution in [0.25, 0.3) is 0 Å². The second kappa shape index (κ2) is 8.21. The minimum absolute atomic E-state index is 0.0277. The summed E-state index contributed by atoms with van der Waals surface area (Å²) in [5.41, 5.74) is 0.962. The molecule has 1 fully saturated rings. The summed E-state index contributed by atoms with van der Waals surface area (Å²) in [6, 6.07) is 4.69. The molecule has 1 aromatic carbocycles. The number of benzene rings is 1. The van der Waals surface area contributed by atoms with Crippen LogP contribution in [0.4, 0.5) is 5.69 Å². The zero-order valence-corrected chi connectivity index (χ0v) is 14.4. The molecule has 1 heterocycles. The maximum absolute atomic E-state index is 12.4. The van der Waals surface area contributed by atoms with Crippen LogP contribution in [0.3, 0.4) is 0 Å². The van der Waals surface area contributed by atoms with Crippen molar-refractivity contribution in [2.24, 2.45) is 5.92 Å². The molecule has 1 aliphatic rings. The molecule has 1 unspecified atom stereocenters. The number of hydrogen-bond donors (Lipinski definition) is 1. The lowest BCUT2D eigenvalue weighted by atomic mass is 10.0. The van der Waals surface area contributed by atoms with Crippen LogP contribution in [0.15, 0.2) is 18.2 Å². The highest BCUT2D eigenvalue weighted by Gasteiger charge is 2.24. The Morgan fingerprint density at radius 1 is 1.38 bits per heavy atom. The molecule has 7 nitrogen and oxygen atoms in total. The van der Waals surface area contributed by atoms with Crippen molar-refractivity contribution in [1.29, 1.82) is 0 Å². The Hall–Kier alpha value is -1.99. The third-order valence-corrected chi connectivity index (χ3v) is 4.41. The molecule has 1 atom stereocenters. The fourth-order valence-corrected chi connectivity index (χ4v) is 3.00. The minimum atomic E-state index is -0.440. The van der Waals surface area contributed by atoms with Gasteiger partial charge in [-0.25, -0.2) is 0 Å². The Kier molecular flexibility index (Phi) is 6.28. The van der Waals surface area contributed by atoms with E-state index < -0.39 is 4.92 Å². The monoisotopic (exact) mass is 335 g/mol. The third-order valence-electron chi connectivity index (χ3n) is 4.41. The zero-order valence-electron chi connectivity index (χ0n) is 14.4. The number of rotatable bonds is 6. The van der Waals surface area contributed by atoms with Crippen LogP contribution in [0.1, 0.15) is 29.8 Å². The van der Waals surface area contributed by atoms with Gasteiger partial charge in [-0.1, -0.05) is 13.8 Å². The number of amides is 1. The summed E-state index contributed by atoms with van der Waals surface area (Å²) in [5, 5.41) is 13.8. The fourth-order valence-electron chi connectivity index (χ4n) is 3.00. The summed E-state index contributed by atoms with van der Waals surface area (Å²) >= 11 is 0. The summed E-state index contributed by atoms with van der Waals surface area (Å²) < 4.78 is 5.38. The van der Waals surface area contributed by atoms with Crippen molar-refractivity contribution in [3.05, 3.63) is 39.4 Å². The molecule has 132 valence electrons. The van der Waals surface area contributed by atoms with Gasteiger partial charge in [-0.05, 0) is 25.0 Å². The van der Waals surface area contributed by atoms with Crippen LogP contribution < -0.4 is 5.32 Å². The van der Waals surface area contributed by atoms with E-state index in [1.165, 1.54) is 12.1 Å². The van der Waals surface area contributed by atoms with Crippen LogP contribution in [-0.2, 0) is 4.74 Å². The van der Waals surface area contributed by atoms with Gasteiger partial charge in [-0.3, -0.25) is 19.8 Å². The molecule has 1 amide bonds. The molecule has 1 saturated heterocycles. The number of nitro groups is 1. The number of nitrogens with one attached hydrogen (secondary N) is 1. The van der Waals surface area contributed by atoms with Crippen molar-refractivity contribution in [2.45, 2.75) is 26.8 Å². The van der Waals surface area contributed by atoms with E-state index in [4.69, 9.17) is 4.74 Å². The topological polar surface area (TPSA) is 84.7 Å². The number of carbonyl (C=O) groups is 1. The van der Waals surface area contributed by atoms with Crippen LogP contribution in [0.2, 0.25) is 0 Å². The van der Waals surface area contributed by atoms with Crippen LogP contribution in [0, 0.1) is 23.0 Å². The molecule has 0 aliphatic carbocycles. The maximum Gasteiger partial charge on any atom is 0.272 e. The van der Waals surface area contributed by atoms with E-state index in [1.54, 1.807) is 13.0 Å². The quantitative estimate of drug-likeness (QED) is 0.635. The third kappa shape index (κ3) is 4.52. The number of ether oxygens (including phenoxy) is 1. The lowest BCUT2D eigenvalue weighted by molar-refractivity contribution is -0.385. The van der Waals surface area contributed by atoms with E-state index in [1.807, 2.05) is 0 Å². The summed E-state index contributed by atoms with van der Waals surface area (Å²) in [6.07, 6.45) is 0. The van der Waals surface area contributed by atoms with Crippen molar-refractivity contribution >= 4 is 11.6 Å². The highest BCUT2D eigenvalue weighted by Crippen LogP contribution is 2.19. The van der Waals surface area contributed by atoms with Crippen molar-refractivity contribution in [3.63, 3.8) is 0 Å². The maximum atomic E-state index is 12.4. The van der Waals surface area contributed by atoms with E-state index in [9.17, 15) is 14.9 Å². The molecule has 2 rings (SSSR count). The molecule has 1 aliphatic heterocycles. The van der Waals surface area contributed by atoms with Crippen molar-refractivity contribution < 1.29 is 14.5 Å². The average Bonchev–Trinajstić information content (AvgIpc) is 2.55. The van der Waals surface area contributed by atoms with Gasteiger partial charge >= 0.3 is 0 Å². The Morgan fingerprint density at radius 2 is 2.04 bits per heavy atom. The fraction of sp³-hybridized carbons (Fsp3) is 0.588. The minimum Gasteiger partial charge on any atom is -0.379 e. The second-order valence-electron chi connectivity index (χ2n) is 6.43. The van der Waals surface area contributed by atoms with Crippen LogP contribution in [-0.4, -0.2) is 54.6 Å². The van der Waals surface area contributed by atoms with Gasteiger partial charge in [0.2, 0.25) is 0 Å². The van der Waals surface area contributed by atoms with Gasteiger partial charge in [0.15, 0.2) is 0 Å². The first-order chi connectivity index (χ1) is 11.4. The average molecular weight is 335 g/mol. The second-order valence-corrected chi connectivity index (χ2v) is 6.43. The molecule has 1 N–H and O–H groups in total. The normalized spacial score (nSPS) is 16.8. The van der Waals surface area contributed by atoms with Crippen molar-refractivity contribution in [3.8, 4) is 0 Å². The highest BCUT2D eigenvalue weighted by atomic mass is 16.6. The van der Waals surface area contributed by atoms with E-state index in [-0.39, 0.29) is 17.6 Å². The lowest BCUT2D eigenvalue weighted by Gasteiger charge is -2.36. The van der Waals surface area contributed by atoms with E-state index in [0.717, 1.165) is 26.3 Å². The van der Waals surface area contributed by atoms with Gasteiger partial charge in [-0.2, -0.15) is 0 Å². The molecule has 0 aromatic heterocycles. The summed E-state index contributed by atoms with van der Waals surface area (Å²) in [6.45, 7) is 9.65. The van der Waals surface area contributed by atoms with Crippen molar-refractivity contribution in [1.82, 2.24) is 10.2 Å². The predicted molar refractivity (Wildman–Crippen MR) is 91.2 cm³/mol. The molecule has 0 saturated carbocycles. The van der Waals surface area contributed by atoms with E-state index in [2.05, 4.69) is 24.1 Å². The number of carbonyl (C=O) groups excluding carboxylic acids is 1. The summed E-state index contributed by atoms with van der Waals surface area (Å²) in [4.78, 5) is 25.1. The van der Waals surface area contributed by atoms with Crippen LogP contribution >= 0.6 is 0 Å². The first kappa shape index (κ1) is 18.4. The van der Waals surface area contributed by atoms with Gasteiger partial charge in [0.25, 0.3) is 11.6 Å². The van der Waals surface area contributed by atoms with Gasteiger partial charge in [0.05, 0.1) is 18.1 Å². The Balaban J connectivity index is 2.00. The Morgan fingerprint density at radius 3 is 2.58 bits per heavy atom. The van der Waals surface area contributed by atoms with E-state index >= 15 is 0 Å². The Labute approximate surface area is 142 Å². The number of morpholine rings is 1. The van der Waals surface area contributed by atoms with E-state index in [0.29, 0.717) is 23.6 Å². The van der Waals surface area contributed by atoms with Gasteiger partial charge in [0, 0.05) is 42.9 Å². The van der Waals surface area contributed by atoms with Gasteiger partial charge in [-0.15, -0.1) is 0 Å². The SMILES string of the molecule is Cc1cc(C(=O)NCC(C(C)C)N2CCOCC2)ccc1[N+](=O)[O-]. The summed E-state index contributed by atoms with van der Waals surface area (Å²) in [7, 11) is 0. The molecule has 7 heteroatoms. The smallest absolute Gasteiger partial charge is 0.272 e. The largest absolute Gasteiger partial charge is 0.379 e. The van der Waals surface area contributed by atoms with Gasteiger partial charge in [0.1, 0.15) is 0 Å². The zero-order chi connectivity index (χ0) is 17.7. The number of aryl methyl sites for hydroxylation is 1. The standard InChI is InChI=1S/C17H25N3O4/c1-12(2)16(19-6-8-24-9-7-19)11-18-17(21)14-4-5-15(20(22)23)13(3)10-14/h4-5,10,12,16H,6-9,11H2,1-3H3,(H,18,21). The lowest BCUT2D eigenvalue weighted by Crippen LogP contribution is -2.51. The highest BCUT2D eigenvalue weighted by molar-refractivity contribution is 5.94. The van der Waals surface area contributed by atoms with Crippen LogP contribution in [0.5, 0.6) is 0 Å². The first-order valence-electron chi connectivity index (χ1n) is 8.25. The first-order valence-corrected chi connectivity index (χ1v) is 8.25. The summed E-state index contributed by atoms with van der Waals surface area (Å²) in [5.74, 6) is 0.203. The molecule has 1 aromatic rings. The number of hydrogen-bond acceptors (Lipinski definition) is 5. The Bertz CT molecular complexity index is 597. The molecular weight excluding hydrogens is 310 g/mol. The molecule has 0 bridgehead atoms. The number of nitro benzene ring substituents is 1. The molecular formula is C17H25N3O4. The predicted octanol–water partition coefficient (Wildman–Crippen LogP) is 1.99.